The molecule has 0 aromatic heterocycles. The molecule has 1 aliphatic heterocycles. The minimum absolute atomic E-state index is 0.150. The van der Waals surface area contributed by atoms with E-state index in [0.29, 0.717) is 6.42 Å². The molecule has 0 aliphatic carbocycles. The van der Waals surface area contributed by atoms with Gasteiger partial charge in [-0.3, -0.25) is 4.79 Å². The van der Waals surface area contributed by atoms with Crippen molar-refractivity contribution < 1.29 is 4.79 Å². The van der Waals surface area contributed by atoms with E-state index in [1.54, 1.807) is 0 Å². The van der Waals surface area contributed by atoms with Gasteiger partial charge in [-0.15, -0.1) is 0 Å². The molecule has 0 saturated carbocycles. The van der Waals surface area contributed by atoms with E-state index in [1.807, 2.05) is 6.08 Å². The molecule has 11 heavy (non-hydrogen) atoms. The smallest absolute Gasteiger partial charge is 0.227 e. The normalized spacial score (nSPS) is 16.5. The van der Waals surface area contributed by atoms with E-state index in [4.69, 9.17) is 0 Å². The molecule has 62 valence electrons. The molecule has 0 spiro atoms. The summed E-state index contributed by atoms with van der Waals surface area (Å²) in [6.07, 6.45) is 7.32. The molecule has 1 aliphatic rings. The molecule has 0 aromatic rings. The second-order valence-electron chi connectivity index (χ2n) is 2.94. The van der Waals surface area contributed by atoms with Gasteiger partial charge in [0.2, 0.25) is 5.91 Å². The summed E-state index contributed by atoms with van der Waals surface area (Å²) in [5.74, 6) is 0.150. The summed E-state index contributed by atoms with van der Waals surface area (Å²) >= 11 is 0. The molecule has 1 N–H and O–H groups in total. The van der Waals surface area contributed by atoms with Gasteiger partial charge in [0.05, 0.1) is 0 Å². The molecule has 0 bridgehead atoms. The van der Waals surface area contributed by atoms with E-state index in [2.05, 4.69) is 12.2 Å². The van der Waals surface area contributed by atoms with Crippen molar-refractivity contribution >= 4 is 5.91 Å². The van der Waals surface area contributed by atoms with Gasteiger partial charge in [0.1, 0.15) is 0 Å². The van der Waals surface area contributed by atoms with Crippen LogP contribution in [0.2, 0.25) is 0 Å². The highest BCUT2D eigenvalue weighted by molar-refractivity contribution is 5.82. The lowest BCUT2D eigenvalue weighted by Crippen LogP contribution is -2.14. The third-order valence-electron chi connectivity index (χ3n) is 1.88. The van der Waals surface area contributed by atoms with Gasteiger partial charge in [-0.2, -0.15) is 0 Å². The summed E-state index contributed by atoms with van der Waals surface area (Å²) in [6.45, 7) is 2.18. The number of unbranched alkanes of at least 4 members (excludes halogenated alkanes) is 2. The van der Waals surface area contributed by atoms with Crippen molar-refractivity contribution in [3.8, 4) is 0 Å². The lowest BCUT2D eigenvalue weighted by atomic mass is 10.2. The van der Waals surface area contributed by atoms with Crippen molar-refractivity contribution in [1.82, 2.24) is 5.32 Å². The highest BCUT2D eigenvalue weighted by Gasteiger charge is 2.09. The van der Waals surface area contributed by atoms with E-state index in [0.717, 1.165) is 12.1 Å². The molecule has 1 amide bonds. The third kappa shape index (κ3) is 2.74. The number of allylic oxidation sites excluding steroid dienone is 1. The first-order valence-electron chi connectivity index (χ1n) is 4.32. The van der Waals surface area contributed by atoms with Crippen molar-refractivity contribution in [3.05, 3.63) is 11.8 Å². The predicted molar refractivity (Wildman–Crippen MR) is 45.0 cm³/mol. The van der Waals surface area contributed by atoms with Crippen LogP contribution < -0.4 is 5.32 Å². The standard InChI is InChI=1S/C9H15NO/c1-2-3-4-5-8-6-7-9(11)10-8/h6H,2-5,7H2,1H3,(H,10,11). The van der Waals surface area contributed by atoms with Crippen LogP contribution in [0.25, 0.3) is 0 Å². The quantitative estimate of drug-likeness (QED) is 0.615. The summed E-state index contributed by atoms with van der Waals surface area (Å²) in [5, 5.41) is 2.83. The Balaban J connectivity index is 2.13. The first-order valence-corrected chi connectivity index (χ1v) is 4.32. The maximum absolute atomic E-state index is 10.7. The van der Waals surface area contributed by atoms with Crippen LogP contribution in [-0.2, 0) is 4.79 Å². The number of amides is 1. The van der Waals surface area contributed by atoms with Crippen LogP contribution in [0.5, 0.6) is 0 Å². The molecular weight excluding hydrogens is 138 g/mol. The summed E-state index contributed by atoms with van der Waals surface area (Å²) in [6, 6.07) is 0. The van der Waals surface area contributed by atoms with Gasteiger partial charge in [-0.1, -0.05) is 25.8 Å². The van der Waals surface area contributed by atoms with Gasteiger partial charge >= 0.3 is 0 Å². The Bertz CT molecular complexity index is 172. The predicted octanol–water partition coefficient (Wildman–Crippen LogP) is 1.97. The molecule has 0 atom stereocenters. The Hall–Kier alpha value is -0.790. The fourth-order valence-electron chi connectivity index (χ4n) is 1.23. The maximum atomic E-state index is 10.7. The SMILES string of the molecule is CCCCCC1=CCC(=O)N1. The number of hydrogen-bond acceptors (Lipinski definition) is 1. The van der Waals surface area contributed by atoms with E-state index in [-0.39, 0.29) is 5.91 Å². The average molecular weight is 153 g/mol. The highest BCUT2D eigenvalue weighted by atomic mass is 16.1. The Morgan fingerprint density at radius 3 is 2.91 bits per heavy atom. The zero-order chi connectivity index (χ0) is 8.10. The summed E-state index contributed by atoms with van der Waals surface area (Å²) in [7, 11) is 0. The van der Waals surface area contributed by atoms with Crippen molar-refractivity contribution in [2.45, 2.75) is 39.0 Å². The molecule has 0 saturated heterocycles. The molecule has 2 heteroatoms. The topological polar surface area (TPSA) is 29.1 Å². The fraction of sp³-hybridized carbons (Fsp3) is 0.667. The Morgan fingerprint density at radius 1 is 1.55 bits per heavy atom. The third-order valence-corrected chi connectivity index (χ3v) is 1.88. The zero-order valence-electron chi connectivity index (χ0n) is 7.02. The van der Waals surface area contributed by atoms with Crippen molar-refractivity contribution in [3.63, 3.8) is 0 Å². The van der Waals surface area contributed by atoms with Crippen LogP contribution >= 0.6 is 0 Å². The van der Waals surface area contributed by atoms with E-state index in [1.165, 1.54) is 19.3 Å². The molecule has 0 aromatic carbocycles. The number of carbonyl (C=O) groups excluding carboxylic acids is 1. The van der Waals surface area contributed by atoms with Crippen molar-refractivity contribution in [1.29, 1.82) is 0 Å². The van der Waals surface area contributed by atoms with Gasteiger partial charge in [0.15, 0.2) is 0 Å². The monoisotopic (exact) mass is 153 g/mol. The van der Waals surface area contributed by atoms with Crippen molar-refractivity contribution in [2.24, 2.45) is 0 Å². The van der Waals surface area contributed by atoms with E-state index < -0.39 is 0 Å². The maximum Gasteiger partial charge on any atom is 0.227 e. The second kappa shape index (κ2) is 4.16. The molecule has 0 radical (unpaired) electrons. The average Bonchev–Trinajstić information content (AvgIpc) is 2.37. The summed E-state index contributed by atoms with van der Waals surface area (Å²) in [4.78, 5) is 10.7. The van der Waals surface area contributed by atoms with Gasteiger partial charge in [-0.25, -0.2) is 0 Å². The Kier molecular flexibility index (Phi) is 3.14. The first-order chi connectivity index (χ1) is 5.33. The summed E-state index contributed by atoms with van der Waals surface area (Å²) < 4.78 is 0. The van der Waals surface area contributed by atoms with Gasteiger partial charge in [0, 0.05) is 12.1 Å². The van der Waals surface area contributed by atoms with Crippen LogP contribution in [0.1, 0.15) is 39.0 Å². The van der Waals surface area contributed by atoms with Crippen molar-refractivity contribution in [2.75, 3.05) is 0 Å². The van der Waals surface area contributed by atoms with E-state index in [9.17, 15) is 4.79 Å². The van der Waals surface area contributed by atoms with Gasteiger partial charge < -0.3 is 5.32 Å². The van der Waals surface area contributed by atoms with E-state index >= 15 is 0 Å². The lowest BCUT2D eigenvalue weighted by Gasteiger charge is -2.00. The van der Waals surface area contributed by atoms with Crippen LogP contribution in [0.4, 0.5) is 0 Å². The summed E-state index contributed by atoms with van der Waals surface area (Å²) in [5.41, 5.74) is 1.13. The number of hydrogen-bond donors (Lipinski definition) is 1. The zero-order valence-corrected chi connectivity index (χ0v) is 7.02. The largest absolute Gasteiger partial charge is 0.330 e. The Labute approximate surface area is 67.7 Å². The molecule has 2 nitrogen and oxygen atoms in total. The van der Waals surface area contributed by atoms with Crippen LogP contribution in [0.3, 0.4) is 0 Å². The van der Waals surface area contributed by atoms with Crippen LogP contribution in [-0.4, -0.2) is 5.91 Å². The molecular formula is C9H15NO. The van der Waals surface area contributed by atoms with Crippen LogP contribution in [0, 0.1) is 0 Å². The Morgan fingerprint density at radius 2 is 2.36 bits per heavy atom. The number of rotatable bonds is 4. The van der Waals surface area contributed by atoms with Gasteiger partial charge in [0.25, 0.3) is 0 Å². The molecule has 1 rings (SSSR count). The highest BCUT2D eigenvalue weighted by Crippen LogP contribution is 2.11. The molecule has 1 heterocycles. The number of carbonyl (C=O) groups is 1. The van der Waals surface area contributed by atoms with Crippen LogP contribution in [0.15, 0.2) is 11.8 Å². The first kappa shape index (κ1) is 8.31. The molecule has 0 fully saturated rings. The fourth-order valence-corrected chi connectivity index (χ4v) is 1.23. The van der Waals surface area contributed by atoms with Gasteiger partial charge in [-0.05, 0) is 12.8 Å². The molecule has 0 unspecified atom stereocenters. The minimum Gasteiger partial charge on any atom is -0.330 e. The number of nitrogens with one attached hydrogen (secondary N) is 1. The minimum atomic E-state index is 0.150. The second-order valence-corrected chi connectivity index (χ2v) is 2.94. The lowest BCUT2D eigenvalue weighted by molar-refractivity contribution is -0.118.